The van der Waals surface area contributed by atoms with Gasteiger partial charge in [0.25, 0.3) is 0 Å². The Morgan fingerprint density at radius 2 is 2.31 bits per heavy atom. The molecular formula is C12H24N2OS. The number of hydrogen-bond donors (Lipinski definition) is 2. The van der Waals surface area contributed by atoms with Crippen LogP contribution in [-0.4, -0.2) is 30.0 Å². The van der Waals surface area contributed by atoms with Gasteiger partial charge in [-0.25, -0.2) is 0 Å². The van der Waals surface area contributed by atoms with Gasteiger partial charge in [0.05, 0.1) is 0 Å². The third-order valence-electron chi connectivity index (χ3n) is 3.47. The van der Waals surface area contributed by atoms with Crippen molar-refractivity contribution >= 4 is 17.7 Å². The van der Waals surface area contributed by atoms with Crippen molar-refractivity contribution in [2.45, 2.75) is 50.3 Å². The average molecular weight is 244 g/mol. The molecule has 94 valence electrons. The smallest absolute Gasteiger partial charge is 0.220 e. The molecule has 0 aromatic carbocycles. The predicted molar refractivity (Wildman–Crippen MR) is 70.5 cm³/mol. The summed E-state index contributed by atoms with van der Waals surface area (Å²) < 4.78 is 0. The molecule has 0 spiro atoms. The number of carbonyl (C=O) groups excluding carboxylic acids is 1. The topological polar surface area (TPSA) is 55.1 Å². The number of carbonyl (C=O) groups is 1. The van der Waals surface area contributed by atoms with Crippen LogP contribution in [0.4, 0.5) is 0 Å². The highest BCUT2D eigenvalue weighted by Crippen LogP contribution is 2.28. The summed E-state index contributed by atoms with van der Waals surface area (Å²) in [5, 5.41) is 3.87. The number of nitrogens with two attached hydrogens (primary N) is 1. The van der Waals surface area contributed by atoms with Gasteiger partial charge in [-0.2, -0.15) is 11.8 Å². The first-order chi connectivity index (χ1) is 7.69. The van der Waals surface area contributed by atoms with E-state index in [4.69, 9.17) is 5.73 Å². The van der Waals surface area contributed by atoms with Crippen LogP contribution in [0, 0.1) is 5.92 Å². The Balaban J connectivity index is 2.24. The molecule has 0 aromatic heterocycles. The largest absolute Gasteiger partial charge is 0.353 e. The van der Waals surface area contributed by atoms with Crippen LogP contribution in [0.15, 0.2) is 0 Å². The van der Waals surface area contributed by atoms with Crippen molar-refractivity contribution in [3.63, 3.8) is 0 Å². The van der Waals surface area contributed by atoms with Gasteiger partial charge in [0.1, 0.15) is 0 Å². The van der Waals surface area contributed by atoms with Crippen molar-refractivity contribution in [3.8, 4) is 0 Å². The van der Waals surface area contributed by atoms with Crippen molar-refractivity contribution in [3.05, 3.63) is 0 Å². The Hall–Kier alpha value is -0.220. The Morgan fingerprint density at radius 1 is 1.56 bits per heavy atom. The molecule has 0 bridgehead atoms. The molecule has 0 aliphatic heterocycles. The van der Waals surface area contributed by atoms with E-state index in [0.29, 0.717) is 24.9 Å². The van der Waals surface area contributed by atoms with Crippen LogP contribution in [0.3, 0.4) is 0 Å². The molecule has 0 radical (unpaired) electrons. The highest BCUT2D eigenvalue weighted by molar-refractivity contribution is 7.99. The maximum absolute atomic E-state index is 11.7. The third kappa shape index (κ3) is 4.34. The maximum atomic E-state index is 11.7. The Morgan fingerprint density at radius 3 is 2.81 bits per heavy atom. The molecule has 3 N–H and O–H groups in total. The summed E-state index contributed by atoms with van der Waals surface area (Å²) >= 11 is 1.91. The van der Waals surface area contributed by atoms with Gasteiger partial charge in [-0.3, -0.25) is 4.79 Å². The first kappa shape index (κ1) is 13.8. The van der Waals surface area contributed by atoms with Crippen LogP contribution in [0.2, 0.25) is 0 Å². The molecule has 1 amide bonds. The second-order valence-corrected chi connectivity index (χ2v) is 5.79. The molecule has 1 aliphatic rings. The van der Waals surface area contributed by atoms with E-state index in [1.165, 1.54) is 6.42 Å². The Labute approximate surface area is 103 Å². The van der Waals surface area contributed by atoms with Crippen molar-refractivity contribution in [1.29, 1.82) is 0 Å². The molecule has 4 heteroatoms. The van der Waals surface area contributed by atoms with Crippen LogP contribution >= 0.6 is 11.8 Å². The van der Waals surface area contributed by atoms with Gasteiger partial charge < -0.3 is 11.1 Å². The fraction of sp³-hybridized carbons (Fsp3) is 0.917. The van der Waals surface area contributed by atoms with Gasteiger partial charge in [0.2, 0.25) is 5.91 Å². The molecule has 0 saturated heterocycles. The third-order valence-corrected chi connectivity index (χ3v) is 4.56. The van der Waals surface area contributed by atoms with E-state index in [-0.39, 0.29) is 5.91 Å². The van der Waals surface area contributed by atoms with Crippen molar-refractivity contribution < 1.29 is 4.79 Å². The van der Waals surface area contributed by atoms with Gasteiger partial charge in [0, 0.05) is 17.7 Å². The number of hydrogen-bond acceptors (Lipinski definition) is 3. The van der Waals surface area contributed by atoms with Crippen molar-refractivity contribution in [2.75, 3.05) is 12.8 Å². The summed E-state index contributed by atoms with van der Waals surface area (Å²) in [6, 6.07) is 0.403. The second-order valence-electron chi connectivity index (χ2n) is 4.65. The maximum Gasteiger partial charge on any atom is 0.220 e. The van der Waals surface area contributed by atoms with E-state index in [1.54, 1.807) is 0 Å². The zero-order valence-corrected chi connectivity index (χ0v) is 11.2. The lowest BCUT2D eigenvalue weighted by molar-refractivity contribution is -0.122. The Bertz CT molecular complexity index is 219. The molecule has 1 aliphatic carbocycles. The molecule has 3 nitrogen and oxygen atoms in total. The monoisotopic (exact) mass is 244 g/mol. The highest BCUT2D eigenvalue weighted by atomic mass is 32.2. The lowest BCUT2D eigenvalue weighted by atomic mass is 10.0. The molecule has 0 heterocycles. The average Bonchev–Trinajstić information content (AvgIpc) is 2.73. The van der Waals surface area contributed by atoms with Crippen LogP contribution in [-0.2, 0) is 4.79 Å². The van der Waals surface area contributed by atoms with E-state index in [0.717, 1.165) is 24.5 Å². The van der Waals surface area contributed by atoms with E-state index in [1.807, 2.05) is 11.8 Å². The number of thioether (sulfide) groups is 1. The second kappa shape index (κ2) is 7.17. The van der Waals surface area contributed by atoms with Gasteiger partial charge in [0.15, 0.2) is 0 Å². The number of nitrogens with one attached hydrogen (secondary N) is 1. The fourth-order valence-corrected chi connectivity index (χ4v) is 3.02. The minimum Gasteiger partial charge on any atom is -0.353 e. The molecule has 1 fully saturated rings. The van der Waals surface area contributed by atoms with Crippen LogP contribution < -0.4 is 11.1 Å². The quantitative estimate of drug-likeness (QED) is 0.748. The molecule has 3 unspecified atom stereocenters. The summed E-state index contributed by atoms with van der Waals surface area (Å²) in [6.45, 7) is 2.70. The first-order valence-corrected chi connectivity index (χ1v) is 7.50. The standard InChI is InChI=1S/C12H24N2OS/c1-3-9(8-13)6-12(15)14-10-4-5-11(7-10)16-2/h9-11H,3-8,13H2,1-2H3,(H,14,15). The first-order valence-electron chi connectivity index (χ1n) is 6.21. The minimum atomic E-state index is 0.184. The van der Waals surface area contributed by atoms with E-state index < -0.39 is 0 Å². The summed E-state index contributed by atoms with van der Waals surface area (Å²) in [4.78, 5) is 11.7. The van der Waals surface area contributed by atoms with Gasteiger partial charge >= 0.3 is 0 Å². The highest BCUT2D eigenvalue weighted by Gasteiger charge is 2.25. The lowest BCUT2D eigenvalue weighted by Crippen LogP contribution is -2.35. The predicted octanol–water partition coefficient (Wildman–Crippen LogP) is 1.76. The molecule has 1 saturated carbocycles. The minimum absolute atomic E-state index is 0.184. The fourth-order valence-electron chi connectivity index (χ4n) is 2.23. The van der Waals surface area contributed by atoms with E-state index in [2.05, 4.69) is 18.5 Å². The molecule has 1 rings (SSSR count). The SMILES string of the molecule is CCC(CN)CC(=O)NC1CCC(SC)C1. The summed E-state index contributed by atoms with van der Waals surface area (Å²) in [7, 11) is 0. The summed E-state index contributed by atoms with van der Waals surface area (Å²) in [6.07, 6.45) is 7.23. The number of amides is 1. The zero-order chi connectivity index (χ0) is 12.0. The lowest BCUT2D eigenvalue weighted by Gasteiger charge is -2.16. The Kier molecular flexibility index (Phi) is 6.21. The van der Waals surface area contributed by atoms with Crippen LogP contribution in [0.25, 0.3) is 0 Å². The van der Waals surface area contributed by atoms with Crippen molar-refractivity contribution in [2.24, 2.45) is 11.7 Å². The molecule has 0 aromatic rings. The number of rotatable bonds is 6. The molecule has 16 heavy (non-hydrogen) atoms. The van der Waals surface area contributed by atoms with E-state index in [9.17, 15) is 4.79 Å². The molecule has 3 atom stereocenters. The van der Waals surface area contributed by atoms with Crippen LogP contribution in [0.5, 0.6) is 0 Å². The van der Waals surface area contributed by atoms with Gasteiger partial charge in [-0.05, 0) is 38.0 Å². The van der Waals surface area contributed by atoms with E-state index >= 15 is 0 Å². The summed E-state index contributed by atoms with van der Waals surface area (Å²) in [5.74, 6) is 0.529. The van der Waals surface area contributed by atoms with Crippen LogP contribution in [0.1, 0.15) is 39.0 Å². The normalized spacial score (nSPS) is 26.7. The van der Waals surface area contributed by atoms with Gasteiger partial charge in [-0.15, -0.1) is 0 Å². The zero-order valence-electron chi connectivity index (χ0n) is 10.4. The summed E-state index contributed by atoms with van der Waals surface area (Å²) in [5.41, 5.74) is 5.60. The van der Waals surface area contributed by atoms with Crippen molar-refractivity contribution in [1.82, 2.24) is 5.32 Å². The van der Waals surface area contributed by atoms with Gasteiger partial charge in [-0.1, -0.05) is 13.3 Å². The molecular weight excluding hydrogens is 220 g/mol.